The van der Waals surface area contributed by atoms with E-state index in [0.29, 0.717) is 30.5 Å². The van der Waals surface area contributed by atoms with E-state index in [-0.39, 0.29) is 5.91 Å². The smallest absolute Gasteiger partial charge is 0.226 e. The second kappa shape index (κ2) is 8.06. The first-order valence-electron chi connectivity index (χ1n) is 7.79. The van der Waals surface area contributed by atoms with E-state index in [2.05, 4.69) is 48.4 Å². The second-order valence-electron chi connectivity index (χ2n) is 5.80. The SMILES string of the molecule is Cc1nnc(NC(=O)CCCOc2ccc(C(C)C)c(C)c2)s1. The summed E-state index contributed by atoms with van der Waals surface area (Å²) in [5.41, 5.74) is 2.57. The molecule has 124 valence electrons. The standard InChI is InChI=1S/C17H23N3O2S/c1-11(2)15-8-7-14(10-12(15)3)22-9-5-6-16(21)18-17-20-19-13(4)23-17/h7-8,10-11H,5-6,9H2,1-4H3,(H,18,20,21). The molecule has 0 aliphatic rings. The molecule has 1 aromatic heterocycles. The molecule has 0 unspecified atom stereocenters. The quantitative estimate of drug-likeness (QED) is 0.776. The maximum atomic E-state index is 11.8. The van der Waals surface area contributed by atoms with Crippen molar-refractivity contribution >= 4 is 22.4 Å². The number of amides is 1. The van der Waals surface area contributed by atoms with Gasteiger partial charge in [-0.2, -0.15) is 0 Å². The molecule has 2 aromatic rings. The Morgan fingerprint density at radius 1 is 1.30 bits per heavy atom. The Hall–Kier alpha value is -1.95. The lowest BCUT2D eigenvalue weighted by Gasteiger charge is -2.12. The Kier molecular flexibility index (Phi) is 6.10. The molecule has 1 amide bonds. The number of carbonyl (C=O) groups excluding carboxylic acids is 1. The zero-order valence-electron chi connectivity index (χ0n) is 14.0. The van der Waals surface area contributed by atoms with Crippen molar-refractivity contribution in [3.8, 4) is 5.75 Å². The van der Waals surface area contributed by atoms with E-state index in [1.165, 1.54) is 22.5 Å². The summed E-state index contributed by atoms with van der Waals surface area (Å²) in [7, 11) is 0. The molecule has 0 spiro atoms. The highest BCUT2D eigenvalue weighted by atomic mass is 32.1. The number of nitrogens with zero attached hydrogens (tertiary/aromatic N) is 2. The van der Waals surface area contributed by atoms with E-state index in [1.54, 1.807) is 0 Å². The largest absolute Gasteiger partial charge is 0.494 e. The molecule has 0 radical (unpaired) electrons. The Bertz CT molecular complexity index is 668. The third-order valence-corrected chi connectivity index (χ3v) is 4.21. The van der Waals surface area contributed by atoms with Crippen LogP contribution in [0.5, 0.6) is 5.75 Å². The van der Waals surface area contributed by atoms with Crippen LogP contribution in [-0.4, -0.2) is 22.7 Å². The third kappa shape index (κ3) is 5.32. The van der Waals surface area contributed by atoms with Crippen LogP contribution >= 0.6 is 11.3 Å². The van der Waals surface area contributed by atoms with Crippen molar-refractivity contribution < 1.29 is 9.53 Å². The maximum Gasteiger partial charge on any atom is 0.226 e. The van der Waals surface area contributed by atoms with Gasteiger partial charge in [-0.25, -0.2) is 0 Å². The van der Waals surface area contributed by atoms with Gasteiger partial charge in [-0.05, 0) is 49.4 Å². The average molecular weight is 333 g/mol. The molecule has 1 heterocycles. The van der Waals surface area contributed by atoms with Crippen molar-refractivity contribution in [2.45, 2.75) is 46.5 Å². The first-order chi connectivity index (χ1) is 11.0. The van der Waals surface area contributed by atoms with Gasteiger partial charge in [0.25, 0.3) is 0 Å². The van der Waals surface area contributed by atoms with Gasteiger partial charge in [-0.15, -0.1) is 10.2 Å². The van der Waals surface area contributed by atoms with E-state index in [9.17, 15) is 4.79 Å². The monoisotopic (exact) mass is 333 g/mol. The van der Waals surface area contributed by atoms with Crippen LogP contribution in [0.3, 0.4) is 0 Å². The van der Waals surface area contributed by atoms with E-state index < -0.39 is 0 Å². The molecule has 0 fully saturated rings. The summed E-state index contributed by atoms with van der Waals surface area (Å²) >= 11 is 1.37. The van der Waals surface area contributed by atoms with Gasteiger partial charge in [0, 0.05) is 6.42 Å². The fourth-order valence-corrected chi connectivity index (χ4v) is 2.95. The fraction of sp³-hybridized carbons (Fsp3) is 0.471. The van der Waals surface area contributed by atoms with Crippen LogP contribution in [0.2, 0.25) is 0 Å². The Labute approximate surface area is 141 Å². The van der Waals surface area contributed by atoms with Gasteiger partial charge in [0.2, 0.25) is 11.0 Å². The summed E-state index contributed by atoms with van der Waals surface area (Å²) in [6.07, 6.45) is 1.07. The van der Waals surface area contributed by atoms with Gasteiger partial charge in [0.05, 0.1) is 6.61 Å². The molecule has 0 saturated heterocycles. The van der Waals surface area contributed by atoms with Crippen LogP contribution in [0.25, 0.3) is 0 Å². The zero-order valence-corrected chi connectivity index (χ0v) is 14.9. The molecule has 5 nitrogen and oxygen atoms in total. The van der Waals surface area contributed by atoms with Gasteiger partial charge >= 0.3 is 0 Å². The van der Waals surface area contributed by atoms with Crippen molar-refractivity contribution in [1.29, 1.82) is 0 Å². The summed E-state index contributed by atoms with van der Waals surface area (Å²) in [5.74, 6) is 1.31. The summed E-state index contributed by atoms with van der Waals surface area (Å²) in [6, 6.07) is 6.16. The van der Waals surface area contributed by atoms with E-state index in [1.807, 2.05) is 13.0 Å². The summed E-state index contributed by atoms with van der Waals surface area (Å²) in [5, 5.41) is 11.9. The number of hydrogen-bond donors (Lipinski definition) is 1. The number of benzene rings is 1. The van der Waals surface area contributed by atoms with Gasteiger partial charge in [-0.3, -0.25) is 4.79 Å². The van der Waals surface area contributed by atoms with Crippen molar-refractivity contribution in [2.75, 3.05) is 11.9 Å². The van der Waals surface area contributed by atoms with Crippen LogP contribution in [0.1, 0.15) is 48.7 Å². The molecule has 0 bridgehead atoms. The molecule has 6 heteroatoms. The number of rotatable bonds is 7. The molecule has 0 aliphatic carbocycles. The van der Waals surface area contributed by atoms with Gasteiger partial charge < -0.3 is 10.1 Å². The lowest BCUT2D eigenvalue weighted by atomic mass is 9.98. The molecular formula is C17H23N3O2S. The molecule has 0 atom stereocenters. The third-order valence-electron chi connectivity index (χ3n) is 3.45. The highest BCUT2D eigenvalue weighted by molar-refractivity contribution is 7.15. The molecule has 0 aliphatic heterocycles. The molecular weight excluding hydrogens is 310 g/mol. The molecule has 1 N–H and O–H groups in total. The molecule has 0 saturated carbocycles. The van der Waals surface area contributed by atoms with Crippen LogP contribution in [0, 0.1) is 13.8 Å². The van der Waals surface area contributed by atoms with Gasteiger partial charge in [0.1, 0.15) is 10.8 Å². The first-order valence-corrected chi connectivity index (χ1v) is 8.60. The highest BCUT2D eigenvalue weighted by Gasteiger charge is 2.07. The molecule has 23 heavy (non-hydrogen) atoms. The average Bonchev–Trinajstić information content (AvgIpc) is 2.88. The lowest BCUT2D eigenvalue weighted by molar-refractivity contribution is -0.116. The van der Waals surface area contributed by atoms with Gasteiger partial charge in [0.15, 0.2) is 0 Å². The van der Waals surface area contributed by atoms with Crippen LogP contribution in [0.15, 0.2) is 18.2 Å². The number of carbonyl (C=O) groups is 1. The number of hydrogen-bond acceptors (Lipinski definition) is 5. The number of nitrogens with one attached hydrogen (secondary N) is 1. The maximum absolute atomic E-state index is 11.8. The van der Waals surface area contributed by atoms with E-state index in [0.717, 1.165) is 10.8 Å². The van der Waals surface area contributed by atoms with Crippen molar-refractivity contribution in [2.24, 2.45) is 0 Å². The van der Waals surface area contributed by atoms with Crippen LogP contribution in [-0.2, 0) is 4.79 Å². The Morgan fingerprint density at radius 3 is 2.70 bits per heavy atom. The van der Waals surface area contributed by atoms with Crippen molar-refractivity contribution in [3.63, 3.8) is 0 Å². The minimum atomic E-state index is -0.0592. The van der Waals surface area contributed by atoms with Crippen molar-refractivity contribution in [3.05, 3.63) is 34.3 Å². The second-order valence-corrected chi connectivity index (χ2v) is 6.98. The summed E-state index contributed by atoms with van der Waals surface area (Å²) in [4.78, 5) is 11.8. The Balaban J connectivity index is 1.72. The fourth-order valence-electron chi connectivity index (χ4n) is 2.34. The highest BCUT2D eigenvalue weighted by Crippen LogP contribution is 2.23. The van der Waals surface area contributed by atoms with Crippen LogP contribution < -0.4 is 10.1 Å². The number of ether oxygens (including phenoxy) is 1. The van der Waals surface area contributed by atoms with E-state index in [4.69, 9.17) is 4.74 Å². The minimum absolute atomic E-state index is 0.0592. The predicted molar refractivity (Wildman–Crippen MR) is 93.3 cm³/mol. The number of anilines is 1. The predicted octanol–water partition coefficient (Wildman–Crippen LogP) is 4.08. The van der Waals surface area contributed by atoms with E-state index >= 15 is 0 Å². The van der Waals surface area contributed by atoms with Crippen LogP contribution in [0.4, 0.5) is 5.13 Å². The molecule has 1 aromatic carbocycles. The summed E-state index contributed by atoms with van der Waals surface area (Å²) in [6.45, 7) is 8.83. The number of aryl methyl sites for hydroxylation is 2. The Morgan fingerprint density at radius 2 is 2.09 bits per heavy atom. The molecule has 2 rings (SSSR count). The summed E-state index contributed by atoms with van der Waals surface area (Å²) < 4.78 is 5.72. The number of aromatic nitrogens is 2. The van der Waals surface area contributed by atoms with Gasteiger partial charge in [-0.1, -0.05) is 31.3 Å². The minimum Gasteiger partial charge on any atom is -0.494 e. The zero-order chi connectivity index (χ0) is 16.8. The first kappa shape index (κ1) is 17.4. The topological polar surface area (TPSA) is 64.1 Å². The lowest BCUT2D eigenvalue weighted by Crippen LogP contribution is -2.12. The van der Waals surface area contributed by atoms with Crippen molar-refractivity contribution in [1.82, 2.24) is 10.2 Å². The normalized spacial score (nSPS) is 10.8.